The van der Waals surface area contributed by atoms with Crippen LogP contribution in [0.25, 0.3) is 0 Å². The van der Waals surface area contributed by atoms with Crippen molar-refractivity contribution in [3.63, 3.8) is 0 Å². The van der Waals surface area contributed by atoms with Crippen molar-refractivity contribution in [1.29, 1.82) is 0 Å². The van der Waals surface area contributed by atoms with Crippen LogP contribution in [0.3, 0.4) is 0 Å². The van der Waals surface area contributed by atoms with E-state index >= 15 is 0 Å². The van der Waals surface area contributed by atoms with Crippen LogP contribution in [0.15, 0.2) is 28.7 Å². The zero-order chi connectivity index (χ0) is 12.3. The topological polar surface area (TPSA) is 21.3 Å². The Bertz CT molecular complexity index is 369. The van der Waals surface area contributed by atoms with Crippen LogP contribution in [0.2, 0.25) is 0 Å². The number of halogens is 1. The van der Waals surface area contributed by atoms with Gasteiger partial charge in [0.1, 0.15) is 0 Å². The quantitative estimate of drug-likeness (QED) is 0.916. The first kappa shape index (κ1) is 13.1. The molecule has 1 N–H and O–H groups in total. The van der Waals surface area contributed by atoms with Crippen LogP contribution in [0.4, 0.5) is 0 Å². The third-order valence-electron chi connectivity index (χ3n) is 3.32. The zero-order valence-electron chi connectivity index (χ0n) is 10.4. The Balaban J connectivity index is 1.83. The van der Waals surface area contributed by atoms with Gasteiger partial charge in [-0.3, -0.25) is 0 Å². The third-order valence-corrected chi connectivity index (χ3v) is 3.81. The van der Waals surface area contributed by atoms with E-state index in [1.807, 2.05) is 0 Å². The molecule has 17 heavy (non-hydrogen) atoms. The maximum absolute atomic E-state index is 5.80. The van der Waals surface area contributed by atoms with E-state index in [9.17, 15) is 0 Å². The predicted molar refractivity (Wildman–Crippen MR) is 74.1 cm³/mol. The fourth-order valence-electron chi connectivity index (χ4n) is 2.24. The second kappa shape index (κ2) is 5.98. The molecule has 1 heterocycles. The summed E-state index contributed by atoms with van der Waals surface area (Å²) in [5.41, 5.74) is 1.31. The Hall–Kier alpha value is -0.380. The minimum atomic E-state index is 0.368. The SMILES string of the molecule is CC1CCC(CNC(C)c2cccc(Br)c2)O1. The summed E-state index contributed by atoms with van der Waals surface area (Å²) in [7, 11) is 0. The second-order valence-electron chi connectivity index (χ2n) is 4.83. The van der Waals surface area contributed by atoms with Crippen LogP contribution in [0.1, 0.15) is 38.3 Å². The van der Waals surface area contributed by atoms with Crippen molar-refractivity contribution >= 4 is 15.9 Å². The molecule has 0 bridgehead atoms. The van der Waals surface area contributed by atoms with E-state index in [0.717, 1.165) is 11.0 Å². The van der Waals surface area contributed by atoms with Crippen LogP contribution < -0.4 is 5.32 Å². The summed E-state index contributed by atoms with van der Waals surface area (Å²) in [6.45, 7) is 5.29. The first-order valence-electron chi connectivity index (χ1n) is 6.29. The molecule has 1 aliphatic rings. The molecule has 2 nitrogen and oxygen atoms in total. The molecule has 1 aliphatic heterocycles. The molecular formula is C14H20BrNO. The average Bonchev–Trinajstić information content (AvgIpc) is 2.72. The summed E-state index contributed by atoms with van der Waals surface area (Å²) < 4.78 is 6.93. The van der Waals surface area contributed by atoms with Gasteiger partial charge < -0.3 is 10.1 Å². The van der Waals surface area contributed by atoms with Gasteiger partial charge in [0.15, 0.2) is 0 Å². The van der Waals surface area contributed by atoms with E-state index in [4.69, 9.17) is 4.74 Å². The van der Waals surface area contributed by atoms with Gasteiger partial charge in [0, 0.05) is 17.1 Å². The van der Waals surface area contributed by atoms with Crippen LogP contribution in [-0.2, 0) is 4.74 Å². The van der Waals surface area contributed by atoms with Gasteiger partial charge in [-0.2, -0.15) is 0 Å². The molecule has 3 atom stereocenters. The first-order valence-corrected chi connectivity index (χ1v) is 7.09. The molecule has 0 aliphatic carbocycles. The summed E-state index contributed by atoms with van der Waals surface area (Å²) in [4.78, 5) is 0. The van der Waals surface area contributed by atoms with E-state index in [2.05, 4.69) is 59.4 Å². The lowest BCUT2D eigenvalue weighted by Crippen LogP contribution is -2.29. The van der Waals surface area contributed by atoms with Gasteiger partial charge in [0.25, 0.3) is 0 Å². The van der Waals surface area contributed by atoms with Gasteiger partial charge in [-0.25, -0.2) is 0 Å². The van der Waals surface area contributed by atoms with Gasteiger partial charge in [-0.1, -0.05) is 28.1 Å². The van der Waals surface area contributed by atoms with Gasteiger partial charge in [-0.15, -0.1) is 0 Å². The lowest BCUT2D eigenvalue weighted by molar-refractivity contribution is 0.0546. The molecule has 1 aromatic carbocycles. The number of ether oxygens (including phenoxy) is 1. The molecule has 0 saturated carbocycles. The highest BCUT2D eigenvalue weighted by Gasteiger charge is 2.21. The Morgan fingerprint density at radius 2 is 2.29 bits per heavy atom. The largest absolute Gasteiger partial charge is 0.374 e. The van der Waals surface area contributed by atoms with Crippen LogP contribution in [0, 0.1) is 0 Å². The Labute approximate surface area is 112 Å². The van der Waals surface area contributed by atoms with Crippen LogP contribution in [0.5, 0.6) is 0 Å². The number of nitrogens with one attached hydrogen (secondary N) is 1. The molecule has 1 fully saturated rings. The smallest absolute Gasteiger partial charge is 0.0704 e. The molecule has 94 valence electrons. The highest BCUT2D eigenvalue weighted by molar-refractivity contribution is 9.10. The van der Waals surface area contributed by atoms with Gasteiger partial charge in [0.05, 0.1) is 12.2 Å². The third kappa shape index (κ3) is 3.80. The second-order valence-corrected chi connectivity index (χ2v) is 5.75. The summed E-state index contributed by atoms with van der Waals surface area (Å²) >= 11 is 3.50. The summed E-state index contributed by atoms with van der Waals surface area (Å²) in [5.74, 6) is 0. The van der Waals surface area contributed by atoms with Crippen LogP contribution in [-0.4, -0.2) is 18.8 Å². The predicted octanol–water partition coefficient (Wildman–Crippen LogP) is 3.67. The van der Waals surface area contributed by atoms with Crippen molar-refractivity contribution in [3.8, 4) is 0 Å². The first-order chi connectivity index (χ1) is 8.15. The molecule has 3 unspecified atom stereocenters. The molecule has 0 radical (unpaired) electrons. The molecule has 1 saturated heterocycles. The summed E-state index contributed by atoms with van der Waals surface area (Å²) in [6, 6.07) is 8.81. The van der Waals surface area contributed by atoms with E-state index in [0.29, 0.717) is 18.2 Å². The Kier molecular flexibility index (Phi) is 4.60. The van der Waals surface area contributed by atoms with E-state index in [1.54, 1.807) is 0 Å². The minimum absolute atomic E-state index is 0.368. The monoisotopic (exact) mass is 297 g/mol. The molecule has 0 spiro atoms. The average molecular weight is 298 g/mol. The van der Waals surface area contributed by atoms with Crippen molar-refractivity contribution < 1.29 is 4.74 Å². The maximum atomic E-state index is 5.80. The normalized spacial score (nSPS) is 26.1. The lowest BCUT2D eigenvalue weighted by Gasteiger charge is -2.18. The molecular weight excluding hydrogens is 278 g/mol. The van der Waals surface area contributed by atoms with Crippen molar-refractivity contribution in [2.45, 2.75) is 44.9 Å². The fraction of sp³-hybridized carbons (Fsp3) is 0.571. The summed E-state index contributed by atoms with van der Waals surface area (Å²) in [6.07, 6.45) is 3.19. The molecule has 0 aromatic heterocycles. The molecule has 1 aromatic rings. The number of hydrogen-bond acceptors (Lipinski definition) is 2. The zero-order valence-corrected chi connectivity index (χ0v) is 12.0. The van der Waals surface area contributed by atoms with Gasteiger partial charge in [-0.05, 0) is 44.4 Å². The fourth-order valence-corrected chi connectivity index (χ4v) is 2.65. The number of hydrogen-bond donors (Lipinski definition) is 1. The Morgan fingerprint density at radius 1 is 1.47 bits per heavy atom. The minimum Gasteiger partial charge on any atom is -0.374 e. The molecule has 0 amide bonds. The molecule has 3 heteroatoms. The standard InChI is InChI=1S/C14H20BrNO/c1-10-6-7-14(17-10)9-16-11(2)12-4-3-5-13(15)8-12/h3-5,8,10-11,14,16H,6-7,9H2,1-2H3. The van der Waals surface area contributed by atoms with Crippen molar-refractivity contribution in [3.05, 3.63) is 34.3 Å². The van der Waals surface area contributed by atoms with Gasteiger partial charge >= 0.3 is 0 Å². The lowest BCUT2D eigenvalue weighted by atomic mass is 10.1. The van der Waals surface area contributed by atoms with E-state index in [1.165, 1.54) is 18.4 Å². The van der Waals surface area contributed by atoms with Crippen molar-refractivity contribution in [1.82, 2.24) is 5.32 Å². The number of rotatable bonds is 4. The highest BCUT2D eigenvalue weighted by Crippen LogP contribution is 2.21. The number of benzene rings is 1. The Morgan fingerprint density at radius 3 is 2.94 bits per heavy atom. The maximum Gasteiger partial charge on any atom is 0.0704 e. The molecule has 2 rings (SSSR count). The van der Waals surface area contributed by atoms with E-state index < -0.39 is 0 Å². The van der Waals surface area contributed by atoms with Crippen LogP contribution >= 0.6 is 15.9 Å². The van der Waals surface area contributed by atoms with Gasteiger partial charge in [0.2, 0.25) is 0 Å². The van der Waals surface area contributed by atoms with Crippen molar-refractivity contribution in [2.24, 2.45) is 0 Å². The van der Waals surface area contributed by atoms with Crippen molar-refractivity contribution in [2.75, 3.05) is 6.54 Å². The van der Waals surface area contributed by atoms with E-state index in [-0.39, 0.29) is 0 Å². The highest BCUT2D eigenvalue weighted by atomic mass is 79.9. The summed E-state index contributed by atoms with van der Waals surface area (Å²) in [5, 5.41) is 3.54.